The zero-order valence-electron chi connectivity index (χ0n) is 20.9. The third-order valence-corrected chi connectivity index (χ3v) is 7.36. The first-order chi connectivity index (χ1) is 18.4. The average Bonchev–Trinajstić information content (AvgIpc) is 3.34. The van der Waals surface area contributed by atoms with Gasteiger partial charge in [-0.3, -0.25) is 4.18 Å². The molecule has 0 saturated heterocycles. The number of aryl methyl sites for hydroxylation is 1. The molecule has 0 atom stereocenters. The van der Waals surface area contributed by atoms with Gasteiger partial charge in [0.2, 0.25) is 5.95 Å². The second kappa shape index (κ2) is 11.2. The van der Waals surface area contributed by atoms with Gasteiger partial charge in [0.15, 0.2) is 11.5 Å². The maximum Gasteiger partial charge on any atom is 0.416 e. The van der Waals surface area contributed by atoms with E-state index in [0.717, 1.165) is 17.7 Å². The monoisotopic (exact) mass is 585 g/mol. The van der Waals surface area contributed by atoms with E-state index in [4.69, 9.17) is 25.3 Å². The maximum atomic E-state index is 12.7. The fourth-order valence-corrected chi connectivity index (χ4v) is 4.65. The number of methoxy groups -OCH3 is 2. The largest absolute Gasteiger partial charge is 0.497 e. The number of rotatable bonds is 10. The summed E-state index contributed by atoms with van der Waals surface area (Å²) >= 11 is 6.31. The van der Waals surface area contributed by atoms with Crippen LogP contribution in [0.25, 0.3) is 5.65 Å². The lowest BCUT2D eigenvalue weighted by Gasteiger charge is -2.12. The van der Waals surface area contributed by atoms with E-state index in [9.17, 15) is 21.6 Å². The predicted octanol–water partition coefficient (Wildman–Crippen LogP) is 4.68. The molecule has 0 spiro atoms. The van der Waals surface area contributed by atoms with Crippen LogP contribution in [-0.4, -0.2) is 48.8 Å². The molecule has 15 heteroatoms. The van der Waals surface area contributed by atoms with Crippen LogP contribution in [0.4, 0.5) is 19.1 Å². The van der Waals surface area contributed by atoms with Gasteiger partial charge in [-0.15, -0.1) is 5.10 Å². The lowest BCUT2D eigenvalue weighted by Crippen LogP contribution is -2.11. The number of hydrogen-bond acceptors (Lipinski definition) is 9. The fraction of sp³-hybridized carbons (Fsp3) is 0.292. The van der Waals surface area contributed by atoms with Gasteiger partial charge in [-0.1, -0.05) is 11.6 Å². The van der Waals surface area contributed by atoms with Crippen LogP contribution in [0.5, 0.6) is 11.5 Å². The van der Waals surface area contributed by atoms with E-state index in [1.807, 2.05) is 6.07 Å². The highest BCUT2D eigenvalue weighted by atomic mass is 35.5. The van der Waals surface area contributed by atoms with Gasteiger partial charge in [0, 0.05) is 30.2 Å². The zero-order chi connectivity index (χ0) is 28.4. The summed E-state index contributed by atoms with van der Waals surface area (Å²) in [7, 11) is -1.20. The van der Waals surface area contributed by atoms with Gasteiger partial charge in [-0.25, -0.2) is 9.97 Å². The number of halogens is 4. The number of ether oxygens (including phenoxy) is 2. The Hall–Kier alpha value is -3.62. The Morgan fingerprint density at radius 3 is 2.41 bits per heavy atom. The molecule has 10 nitrogen and oxygen atoms in total. The molecule has 2 heterocycles. The summed E-state index contributed by atoms with van der Waals surface area (Å²) in [4.78, 5) is 8.37. The van der Waals surface area contributed by atoms with Crippen LogP contribution < -0.4 is 14.8 Å². The van der Waals surface area contributed by atoms with E-state index in [2.05, 4.69) is 20.4 Å². The minimum Gasteiger partial charge on any atom is -0.497 e. The molecule has 0 aliphatic carbocycles. The van der Waals surface area contributed by atoms with Crippen LogP contribution in [-0.2, 0) is 33.4 Å². The van der Waals surface area contributed by atoms with Gasteiger partial charge in [-0.2, -0.15) is 26.1 Å². The standard InChI is InChI=1S/C24H23ClF3N5O5S/c1-14-21(25)31-23(29-13-15-4-7-17(36-2)12-19(15)37-3)33-22(14)30-20(32-33)10-11-38-39(34,35)18-8-5-16(6-9-18)24(26,27)28/h4-9,12H,10-11,13H2,1-3H3,(H,29,31). The first-order valence-electron chi connectivity index (χ1n) is 11.4. The number of nitrogens with zero attached hydrogens (tertiary/aromatic N) is 4. The van der Waals surface area contributed by atoms with E-state index < -0.39 is 26.8 Å². The van der Waals surface area contributed by atoms with Crippen LogP contribution in [0.1, 0.15) is 22.5 Å². The number of anilines is 1. The van der Waals surface area contributed by atoms with Gasteiger partial charge >= 0.3 is 6.18 Å². The number of fused-ring (bicyclic) bond motifs is 1. The van der Waals surface area contributed by atoms with Crippen molar-refractivity contribution in [2.24, 2.45) is 0 Å². The summed E-state index contributed by atoms with van der Waals surface area (Å²) in [6.07, 6.45) is -4.59. The number of alkyl halides is 3. The highest BCUT2D eigenvalue weighted by Gasteiger charge is 2.30. The number of nitrogens with one attached hydrogen (secondary N) is 1. The van der Waals surface area contributed by atoms with Crippen molar-refractivity contribution in [3.8, 4) is 11.5 Å². The molecular formula is C24H23ClF3N5O5S. The average molecular weight is 586 g/mol. The molecule has 208 valence electrons. The lowest BCUT2D eigenvalue weighted by molar-refractivity contribution is -0.137. The van der Waals surface area contributed by atoms with Crippen molar-refractivity contribution in [3.63, 3.8) is 0 Å². The van der Waals surface area contributed by atoms with Crippen molar-refractivity contribution in [1.29, 1.82) is 0 Å². The molecule has 0 saturated carbocycles. The van der Waals surface area contributed by atoms with Crippen molar-refractivity contribution in [2.75, 3.05) is 26.1 Å². The molecule has 0 aliphatic rings. The molecule has 2 aromatic carbocycles. The van der Waals surface area contributed by atoms with E-state index in [1.54, 1.807) is 33.3 Å². The van der Waals surface area contributed by atoms with E-state index in [1.165, 1.54) is 4.52 Å². The van der Waals surface area contributed by atoms with Gasteiger partial charge < -0.3 is 14.8 Å². The summed E-state index contributed by atoms with van der Waals surface area (Å²) < 4.78 is 80.2. The Balaban J connectivity index is 1.49. The van der Waals surface area contributed by atoms with Crippen LogP contribution >= 0.6 is 11.6 Å². The summed E-state index contributed by atoms with van der Waals surface area (Å²) in [6, 6.07) is 8.40. The maximum absolute atomic E-state index is 12.7. The highest BCUT2D eigenvalue weighted by molar-refractivity contribution is 7.86. The summed E-state index contributed by atoms with van der Waals surface area (Å²) in [5.41, 5.74) is 0.807. The molecule has 0 fully saturated rings. The van der Waals surface area contributed by atoms with Crippen LogP contribution in [0.15, 0.2) is 47.4 Å². The smallest absolute Gasteiger partial charge is 0.416 e. The first-order valence-corrected chi connectivity index (χ1v) is 13.1. The van der Waals surface area contributed by atoms with Crippen LogP contribution in [0.2, 0.25) is 5.15 Å². The molecule has 0 aliphatic heterocycles. The van der Waals surface area contributed by atoms with Crippen molar-refractivity contribution in [3.05, 3.63) is 70.1 Å². The molecular weight excluding hydrogens is 563 g/mol. The third-order valence-electron chi connectivity index (χ3n) is 5.67. The SMILES string of the molecule is COc1ccc(CNc2nc(Cl)c(C)c3nc(CCOS(=O)(=O)c4ccc(C(F)(F)F)cc4)nn23)c(OC)c1. The molecule has 0 bridgehead atoms. The zero-order valence-corrected chi connectivity index (χ0v) is 22.5. The molecule has 2 aromatic heterocycles. The number of aromatic nitrogens is 4. The molecule has 0 unspecified atom stereocenters. The number of hydrogen-bond donors (Lipinski definition) is 1. The van der Waals surface area contributed by atoms with Gasteiger partial charge in [0.1, 0.15) is 16.7 Å². The molecule has 4 rings (SSSR count). The van der Waals surface area contributed by atoms with Gasteiger partial charge in [0.25, 0.3) is 10.1 Å². The molecule has 1 N–H and O–H groups in total. The Labute approximate surface area is 226 Å². The van der Waals surface area contributed by atoms with Crippen LogP contribution in [0, 0.1) is 6.92 Å². The minimum atomic E-state index is -4.58. The van der Waals surface area contributed by atoms with Crippen molar-refractivity contribution in [2.45, 2.75) is 31.0 Å². The minimum absolute atomic E-state index is 0.00958. The highest BCUT2D eigenvalue weighted by Crippen LogP contribution is 2.30. The molecule has 4 aromatic rings. The normalized spacial score (nSPS) is 12.1. The first kappa shape index (κ1) is 28.4. The Kier molecular flexibility index (Phi) is 8.18. The second-order valence-corrected chi connectivity index (χ2v) is 10.2. The fourth-order valence-electron chi connectivity index (χ4n) is 3.58. The summed E-state index contributed by atoms with van der Waals surface area (Å²) in [5.74, 6) is 1.77. The summed E-state index contributed by atoms with van der Waals surface area (Å²) in [6.45, 7) is 1.68. The number of benzene rings is 2. The quantitative estimate of drug-likeness (QED) is 0.209. The topological polar surface area (TPSA) is 117 Å². The van der Waals surface area contributed by atoms with E-state index in [0.29, 0.717) is 41.4 Å². The van der Waals surface area contributed by atoms with E-state index in [-0.39, 0.29) is 30.0 Å². The lowest BCUT2D eigenvalue weighted by atomic mass is 10.2. The molecule has 0 radical (unpaired) electrons. The second-order valence-electron chi connectivity index (χ2n) is 8.19. The van der Waals surface area contributed by atoms with Crippen molar-refractivity contribution < 1.29 is 35.2 Å². The Morgan fingerprint density at radius 1 is 1.05 bits per heavy atom. The summed E-state index contributed by atoms with van der Waals surface area (Å²) in [5, 5.41) is 7.75. The van der Waals surface area contributed by atoms with Gasteiger partial charge in [0.05, 0.1) is 31.3 Å². The molecule has 0 amide bonds. The van der Waals surface area contributed by atoms with Crippen LogP contribution in [0.3, 0.4) is 0 Å². The Bertz CT molecular complexity index is 1590. The van der Waals surface area contributed by atoms with Crippen molar-refractivity contribution >= 4 is 33.3 Å². The predicted molar refractivity (Wildman–Crippen MR) is 136 cm³/mol. The van der Waals surface area contributed by atoms with Gasteiger partial charge in [-0.05, 0) is 43.3 Å². The van der Waals surface area contributed by atoms with Crippen molar-refractivity contribution in [1.82, 2.24) is 19.6 Å². The molecule has 39 heavy (non-hydrogen) atoms. The third kappa shape index (κ3) is 6.34. The van der Waals surface area contributed by atoms with E-state index >= 15 is 0 Å². The Morgan fingerprint density at radius 2 is 1.77 bits per heavy atom.